The SMILES string of the molecule is C[C@H](c1ccccc1)N1C(=O)NC(=O)/C(=C/c2cn(-c3ccccc3)nc2-c2cccs2)C1=O. The number of carbonyl (C=O) groups excluding carboxylic acids is 3. The van der Waals surface area contributed by atoms with E-state index in [2.05, 4.69) is 5.32 Å². The van der Waals surface area contributed by atoms with Crippen molar-refractivity contribution in [2.75, 3.05) is 0 Å². The van der Waals surface area contributed by atoms with Crippen molar-refractivity contribution in [3.63, 3.8) is 0 Å². The van der Waals surface area contributed by atoms with E-state index in [1.54, 1.807) is 17.8 Å². The van der Waals surface area contributed by atoms with Crippen molar-refractivity contribution in [2.24, 2.45) is 0 Å². The molecule has 0 bridgehead atoms. The van der Waals surface area contributed by atoms with E-state index in [9.17, 15) is 14.4 Å². The summed E-state index contributed by atoms with van der Waals surface area (Å²) in [6.45, 7) is 1.75. The normalized spacial score (nSPS) is 16.1. The molecule has 4 aromatic rings. The van der Waals surface area contributed by atoms with Crippen molar-refractivity contribution >= 4 is 35.3 Å². The van der Waals surface area contributed by atoms with E-state index in [1.165, 1.54) is 17.4 Å². The van der Waals surface area contributed by atoms with Crippen LogP contribution in [-0.4, -0.2) is 32.5 Å². The van der Waals surface area contributed by atoms with E-state index in [0.29, 0.717) is 11.3 Å². The molecule has 34 heavy (non-hydrogen) atoms. The van der Waals surface area contributed by atoms with Gasteiger partial charge in [0, 0.05) is 11.8 Å². The molecule has 0 saturated carbocycles. The Morgan fingerprint density at radius 3 is 2.32 bits per heavy atom. The maximum Gasteiger partial charge on any atom is 0.331 e. The van der Waals surface area contributed by atoms with E-state index in [4.69, 9.17) is 5.10 Å². The number of rotatable bonds is 5. The topological polar surface area (TPSA) is 84.3 Å². The number of amides is 4. The van der Waals surface area contributed by atoms with Crippen molar-refractivity contribution in [2.45, 2.75) is 13.0 Å². The smallest absolute Gasteiger partial charge is 0.273 e. The largest absolute Gasteiger partial charge is 0.331 e. The number of urea groups is 1. The van der Waals surface area contributed by atoms with Crippen LogP contribution in [0.25, 0.3) is 22.3 Å². The molecule has 0 unspecified atom stereocenters. The van der Waals surface area contributed by atoms with Crippen LogP contribution in [0.2, 0.25) is 0 Å². The first-order valence-electron chi connectivity index (χ1n) is 10.7. The Morgan fingerprint density at radius 2 is 1.65 bits per heavy atom. The second-order valence-corrected chi connectivity index (χ2v) is 8.72. The Kier molecular flexibility index (Phi) is 5.65. The number of nitrogens with one attached hydrogen (secondary N) is 1. The Labute approximate surface area is 200 Å². The van der Waals surface area contributed by atoms with Crippen LogP contribution in [0.4, 0.5) is 4.79 Å². The molecular weight excluding hydrogens is 448 g/mol. The molecule has 7 nitrogen and oxygen atoms in total. The highest BCUT2D eigenvalue weighted by molar-refractivity contribution is 7.13. The zero-order chi connectivity index (χ0) is 23.7. The maximum absolute atomic E-state index is 13.4. The minimum atomic E-state index is -0.734. The third kappa shape index (κ3) is 3.95. The molecule has 1 atom stereocenters. The number of nitrogens with zero attached hydrogens (tertiary/aromatic N) is 3. The van der Waals surface area contributed by atoms with Gasteiger partial charge in [0.1, 0.15) is 11.3 Å². The molecule has 2 aromatic carbocycles. The second kappa shape index (κ2) is 8.92. The van der Waals surface area contributed by atoms with Gasteiger partial charge in [0.05, 0.1) is 16.6 Å². The first kappa shape index (κ1) is 21.5. The number of hydrogen-bond donors (Lipinski definition) is 1. The summed E-state index contributed by atoms with van der Waals surface area (Å²) in [4.78, 5) is 40.7. The summed E-state index contributed by atoms with van der Waals surface area (Å²) in [5.41, 5.74) is 2.76. The van der Waals surface area contributed by atoms with Crippen LogP contribution < -0.4 is 5.32 Å². The fraction of sp³-hybridized carbons (Fsp3) is 0.0769. The van der Waals surface area contributed by atoms with Gasteiger partial charge in [-0.2, -0.15) is 5.10 Å². The molecule has 2 aromatic heterocycles. The number of barbiturate groups is 1. The molecule has 0 radical (unpaired) electrons. The van der Waals surface area contributed by atoms with Gasteiger partial charge in [-0.25, -0.2) is 9.48 Å². The first-order chi connectivity index (χ1) is 16.5. The summed E-state index contributed by atoms with van der Waals surface area (Å²) in [5.74, 6) is -1.37. The van der Waals surface area contributed by atoms with E-state index < -0.39 is 23.9 Å². The first-order valence-corrected chi connectivity index (χ1v) is 11.6. The van der Waals surface area contributed by atoms with E-state index in [0.717, 1.165) is 21.0 Å². The highest BCUT2D eigenvalue weighted by atomic mass is 32.1. The van der Waals surface area contributed by atoms with Crippen LogP contribution in [0.15, 0.2) is 89.9 Å². The predicted molar refractivity (Wildman–Crippen MR) is 130 cm³/mol. The number of imide groups is 2. The molecule has 1 aliphatic heterocycles. The lowest BCUT2D eigenvalue weighted by atomic mass is 10.0. The van der Waals surface area contributed by atoms with Crippen molar-refractivity contribution in [1.29, 1.82) is 0 Å². The lowest BCUT2D eigenvalue weighted by Gasteiger charge is -2.31. The van der Waals surface area contributed by atoms with Gasteiger partial charge in [0.2, 0.25) is 0 Å². The number of para-hydroxylation sites is 1. The standard InChI is InChI=1S/C26H20N4O3S/c1-17(18-9-4-2-5-10-18)30-25(32)21(24(31)27-26(30)33)15-19-16-29(20-11-6-3-7-12-20)28-23(19)22-13-8-14-34-22/h2-17H,1H3,(H,27,31,33)/b21-15-/t17-/m1/s1. The molecule has 1 fully saturated rings. The zero-order valence-corrected chi connectivity index (χ0v) is 19.0. The summed E-state index contributed by atoms with van der Waals surface area (Å²) in [7, 11) is 0. The highest BCUT2D eigenvalue weighted by Gasteiger charge is 2.39. The summed E-state index contributed by atoms with van der Waals surface area (Å²) in [6, 6.07) is 21.4. The molecule has 1 N–H and O–H groups in total. The Hall–Kier alpha value is -4.30. The number of hydrogen-bond acceptors (Lipinski definition) is 5. The van der Waals surface area contributed by atoms with Gasteiger partial charge in [0.15, 0.2) is 0 Å². The lowest BCUT2D eigenvalue weighted by molar-refractivity contribution is -0.131. The van der Waals surface area contributed by atoms with Crippen molar-refractivity contribution < 1.29 is 14.4 Å². The Morgan fingerprint density at radius 1 is 0.941 bits per heavy atom. The van der Waals surface area contributed by atoms with Gasteiger partial charge in [-0.15, -0.1) is 11.3 Å². The number of aromatic nitrogens is 2. The van der Waals surface area contributed by atoms with Crippen molar-refractivity contribution in [3.05, 3.63) is 101 Å². The minimum absolute atomic E-state index is 0.118. The quantitative estimate of drug-likeness (QED) is 0.336. The van der Waals surface area contributed by atoms with Crippen LogP contribution in [-0.2, 0) is 9.59 Å². The number of carbonyl (C=O) groups is 3. The summed E-state index contributed by atoms with van der Waals surface area (Å²) in [5, 5.41) is 8.96. The van der Waals surface area contributed by atoms with Gasteiger partial charge in [0.25, 0.3) is 11.8 Å². The fourth-order valence-corrected chi connectivity index (χ4v) is 4.60. The molecule has 168 valence electrons. The average molecular weight is 469 g/mol. The third-order valence-electron chi connectivity index (χ3n) is 5.62. The third-order valence-corrected chi connectivity index (χ3v) is 6.50. The number of thiophene rings is 1. The molecule has 0 spiro atoms. The molecule has 1 saturated heterocycles. The molecular formula is C26H20N4O3S. The number of benzene rings is 2. The Balaban J connectivity index is 1.58. The Bertz CT molecular complexity index is 1390. The van der Waals surface area contributed by atoms with Crippen LogP contribution in [0.5, 0.6) is 0 Å². The van der Waals surface area contributed by atoms with Crippen LogP contribution in [0.1, 0.15) is 24.1 Å². The summed E-state index contributed by atoms with van der Waals surface area (Å²) >= 11 is 1.51. The van der Waals surface area contributed by atoms with Crippen LogP contribution in [0, 0.1) is 0 Å². The van der Waals surface area contributed by atoms with Gasteiger partial charge < -0.3 is 0 Å². The van der Waals surface area contributed by atoms with Crippen LogP contribution in [0.3, 0.4) is 0 Å². The molecule has 1 aliphatic rings. The lowest BCUT2D eigenvalue weighted by Crippen LogP contribution is -2.54. The van der Waals surface area contributed by atoms with Crippen molar-refractivity contribution in [1.82, 2.24) is 20.0 Å². The molecule has 5 rings (SSSR count). The molecule has 0 aliphatic carbocycles. The van der Waals surface area contributed by atoms with E-state index in [-0.39, 0.29) is 5.57 Å². The minimum Gasteiger partial charge on any atom is -0.273 e. The van der Waals surface area contributed by atoms with Gasteiger partial charge in [-0.05, 0) is 42.1 Å². The average Bonchev–Trinajstić information content (AvgIpc) is 3.53. The fourth-order valence-electron chi connectivity index (χ4n) is 3.87. The van der Waals surface area contributed by atoms with Crippen molar-refractivity contribution in [3.8, 4) is 16.3 Å². The maximum atomic E-state index is 13.4. The van der Waals surface area contributed by atoms with Gasteiger partial charge in [-0.3, -0.25) is 19.8 Å². The van der Waals surface area contributed by atoms with Gasteiger partial charge in [-0.1, -0.05) is 54.6 Å². The summed E-state index contributed by atoms with van der Waals surface area (Å²) < 4.78 is 1.71. The monoisotopic (exact) mass is 468 g/mol. The zero-order valence-electron chi connectivity index (χ0n) is 18.2. The van der Waals surface area contributed by atoms with Crippen LogP contribution >= 0.6 is 11.3 Å². The second-order valence-electron chi connectivity index (χ2n) is 7.77. The molecule has 8 heteroatoms. The van der Waals surface area contributed by atoms with E-state index >= 15 is 0 Å². The molecule has 4 amide bonds. The summed E-state index contributed by atoms with van der Waals surface area (Å²) in [6.07, 6.45) is 3.29. The predicted octanol–water partition coefficient (Wildman–Crippen LogP) is 4.82. The molecule has 3 heterocycles. The van der Waals surface area contributed by atoms with E-state index in [1.807, 2.05) is 78.2 Å². The van der Waals surface area contributed by atoms with Gasteiger partial charge >= 0.3 is 6.03 Å². The highest BCUT2D eigenvalue weighted by Crippen LogP contribution is 2.31.